The van der Waals surface area contributed by atoms with Gasteiger partial charge in [0.2, 0.25) is 10.0 Å². The van der Waals surface area contributed by atoms with E-state index in [4.69, 9.17) is 0 Å². The molecule has 3 N–H and O–H groups in total. The second-order valence-electron chi connectivity index (χ2n) is 5.14. The Morgan fingerprint density at radius 2 is 1.40 bits per heavy atom. The van der Waals surface area contributed by atoms with Crippen molar-refractivity contribution in [2.75, 3.05) is 18.9 Å². The Balaban J connectivity index is 2.09. The minimum absolute atomic E-state index is 0.0980. The fourth-order valence-electron chi connectivity index (χ4n) is 2.11. The maximum atomic E-state index is 12.2. The van der Waals surface area contributed by atoms with E-state index >= 15 is 0 Å². The Morgan fingerprint density at radius 3 is 1.92 bits per heavy atom. The highest BCUT2D eigenvalue weighted by Gasteiger charge is 2.14. The molecule has 0 saturated carbocycles. The van der Waals surface area contributed by atoms with Gasteiger partial charge in [0.1, 0.15) is 0 Å². The maximum absolute atomic E-state index is 12.2. The van der Waals surface area contributed by atoms with Crippen molar-refractivity contribution in [3.05, 3.63) is 59.7 Å². The van der Waals surface area contributed by atoms with Crippen LogP contribution in [0.4, 0.5) is 5.69 Å². The molecule has 2 amide bonds. The summed E-state index contributed by atoms with van der Waals surface area (Å²) in [5, 5.41) is 5.20. The standard InChI is InChI=1S/C17H19N3O4S/c1-3-19-25(23,24)15-10-6-13(7-11-15)17(22)20-14-8-4-12(5-9-14)16(21)18-2/h4-11,19H,3H2,1-2H3,(H,18,21)(H,20,22). The number of carbonyl (C=O) groups is 2. The topological polar surface area (TPSA) is 104 Å². The molecule has 8 heteroatoms. The van der Waals surface area contributed by atoms with Crippen LogP contribution in [0.5, 0.6) is 0 Å². The lowest BCUT2D eigenvalue weighted by molar-refractivity contribution is 0.0962. The zero-order valence-electron chi connectivity index (χ0n) is 13.9. The van der Waals surface area contributed by atoms with Crippen molar-refractivity contribution in [2.45, 2.75) is 11.8 Å². The van der Waals surface area contributed by atoms with Gasteiger partial charge in [0.25, 0.3) is 11.8 Å². The van der Waals surface area contributed by atoms with Crippen molar-refractivity contribution in [3.63, 3.8) is 0 Å². The van der Waals surface area contributed by atoms with Crippen LogP contribution in [-0.4, -0.2) is 33.8 Å². The SMILES string of the molecule is CCNS(=O)(=O)c1ccc(C(=O)Nc2ccc(C(=O)NC)cc2)cc1. The second-order valence-corrected chi connectivity index (χ2v) is 6.90. The summed E-state index contributed by atoms with van der Waals surface area (Å²) in [4.78, 5) is 23.8. The summed E-state index contributed by atoms with van der Waals surface area (Å²) in [6.07, 6.45) is 0. The number of hydrogen-bond donors (Lipinski definition) is 3. The van der Waals surface area contributed by atoms with E-state index in [2.05, 4.69) is 15.4 Å². The molecular formula is C17H19N3O4S. The third-order valence-corrected chi connectivity index (χ3v) is 4.95. The van der Waals surface area contributed by atoms with Gasteiger partial charge in [-0.05, 0) is 48.5 Å². The maximum Gasteiger partial charge on any atom is 0.255 e. The van der Waals surface area contributed by atoms with Crippen molar-refractivity contribution in [1.29, 1.82) is 0 Å². The fraction of sp³-hybridized carbons (Fsp3) is 0.176. The first-order valence-corrected chi connectivity index (χ1v) is 9.09. The number of carbonyl (C=O) groups excluding carboxylic acids is 2. The van der Waals surface area contributed by atoms with Crippen LogP contribution in [0.2, 0.25) is 0 Å². The van der Waals surface area contributed by atoms with Gasteiger partial charge in [0.15, 0.2) is 0 Å². The molecule has 0 spiro atoms. The Labute approximate surface area is 146 Å². The van der Waals surface area contributed by atoms with E-state index in [1.165, 1.54) is 31.3 Å². The van der Waals surface area contributed by atoms with Crippen molar-refractivity contribution in [2.24, 2.45) is 0 Å². The lowest BCUT2D eigenvalue weighted by Gasteiger charge is -2.08. The molecule has 7 nitrogen and oxygen atoms in total. The van der Waals surface area contributed by atoms with Crippen molar-refractivity contribution < 1.29 is 18.0 Å². The van der Waals surface area contributed by atoms with Gasteiger partial charge in [-0.1, -0.05) is 6.92 Å². The summed E-state index contributed by atoms with van der Waals surface area (Å²) in [5.74, 6) is -0.588. The zero-order valence-corrected chi connectivity index (χ0v) is 14.7. The molecule has 2 rings (SSSR count). The number of amides is 2. The van der Waals surface area contributed by atoms with Crippen LogP contribution in [0, 0.1) is 0 Å². The van der Waals surface area contributed by atoms with Crippen LogP contribution >= 0.6 is 0 Å². The Morgan fingerprint density at radius 1 is 0.880 bits per heavy atom. The van der Waals surface area contributed by atoms with Gasteiger partial charge in [0, 0.05) is 30.4 Å². The number of nitrogens with one attached hydrogen (secondary N) is 3. The molecule has 25 heavy (non-hydrogen) atoms. The summed E-state index contributed by atoms with van der Waals surface area (Å²) in [5.41, 5.74) is 1.34. The monoisotopic (exact) mass is 361 g/mol. The summed E-state index contributed by atoms with van der Waals surface area (Å²) in [6, 6.07) is 12.1. The highest BCUT2D eigenvalue weighted by molar-refractivity contribution is 7.89. The van der Waals surface area contributed by atoms with E-state index in [9.17, 15) is 18.0 Å². The van der Waals surface area contributed by atoms with Gasteiger partial charge in [-0.3, -0.25) is 9.59 Å². The van der Waals surface area contributed by atoms with Crippen LogP contribution in [-0.2, 0) is 10.0 Å². The highest BCUT2D eigenvalue weighted by Crippen LogP contribution is 2.14. The van der Waals surface area contributed by atoms with Crippen LogP contribution < -0.4 is 15.4 Å². The van der Waals surface area contributed by atoms with Gasteiger partial charge >= 0.3 is 0 Å². The Bertz CT molecular complexity index is 860. The van der Waals surface area contributed by atoms with Crippen LogP contribution in [0.25, 0.3) is 0 Å². The molecule has 0 heterocycles. The largest absolute Gasteiger partial charge is 0.355 e. The molecule has 0 aromatic heterocycles. The molecule has 2 aromatic rings. The molecule has 0 aliphatic carbocycles. The molecule has 0 aliphatic heterocycles. The zero-order chi connectivity index (χ0) is 18.4. The highest BCUT2D eigenvalue weighted by atomic mass is 32.2. The number of benzene rings is 2. The average molecular weight is 361 g/mol. The first-order chi connectivity index (χ1) is 11.9. The normalized spacial score (nSPS) is 11.0. The fourth-order valence-corrected chi connectivity index (χ4v) is 3.15. The van der Waals surface area contributed by atoms with E-state index in [0.29, 0.717) is 16.8 Å². The summed E-state index contributed by atoms with van der Waals surface area (Å²) in [7, 11) is -2.01. The first-order valence-electron chi connectivity index (χ1n) is 7.60. The quantitative estimate of drug-likeness (QED) is 0.727. The van der Waals surface area contributed by atoms with Crippen LogP contribution in [0.1, 0.15) is 27.6 Å². The summed E-state index contributed by atoms with van der Waals surface area (Å²) in [6.45, 7) is 1.98. The van der Waals surface area contributed by atoms with Crippen molar-refractivity contribution in [1.82, 2.24) is 10.0 Å². The molecule has 0 aliphatic rings. The molecule has 0 saturated heterocycles. The van der Waals surface area contributed by atoms with E-state index in [-0.39, 0.29) is 23.3 Å². The summed E-state index contributed by atoms with van der Waals surface area (Å²) >= 11 is 0. The first kappa shape index (κ1) is 18.6. The van der Waals surface area contributed by atoms with Crippen molar-refractivity contribution in [3.8, 4) is 0 Å². The minimum atomic E-state index is -3.55. The van der Waals surface area contributed by atoms with E-state index < -0.39 is 10.0 Å². The van der Waals surface area contributed by atoms with E-state index in [1.807, 2.05) is 0 Å². The van der Waals surface area contributed by atoms with Gasteiger partial charge in [0.05, 0.1) is 4.90 Å². The third kappa shape index (κ3) is 4.65. The van der Waals surface area contributed by atoms with Crippen LogP contribution in [0.3, 0.4) is 0 Å². The lowest BCUT2D eigenvalue weighted by Crippen LogP contribution is -2.23. The molecule has 0 atom stereocenters. The van der Waals surface area contributed by atoms with Gasteiger partial charge in [-0.25, -0.2) is 13.1 Å². The Kier molecular flexibility index (Phi) is 5.89. The molecule has 2 aromatic carbocycles. The molecule has 132 valence electrons. The number of sulfonamides is 1. The average Bonchev–Trinajstić information content (AvgIpc) is 2.61. The van der Waals surface area contributed by atoms with E-state index in [0.717, 1.165) is 0 Å². The number of hydrogen-bond acceptors (Lipinski definition) is 4. The molecule has 0 fully saturated rings. The van der Waals surface area contributed by atoms with Crippen molar-refractivity contribution >= 4 is 27.5 Å². The van der Waals surface area contributed by atoms with E-state index in [1.54, 1.807) is 31.2 Å². The molecule has 0 radical (unpaired) electrons. The van der Waals surface area contributed by atoms with Crippen LogP contribution in [0.15, 0.2) is 53.4 Å². The molecular weight excluding hydrogens is 342 g/mol. The number of rotatable bonds is 6. The van der Waals surface area contributed by atoms with Gasteiger partial charge in [-0.15, -0.1) is 0 Å². The molecule has 0 unspecified atom stereocenters. The molecule has 0 bridgehead atoms. The number of anilines is 1. The van der Waals surface area contributed by atoms with Gasteiger partial charge in [-0.2, -0.15) is 0 Å². The lowest BCUT2D eigenvalue weighted by atomic mass is 10.1. The van der Waals surface area contributed by atoms with Gasteiger partial charge < -0.3 is 10.6 Å². The predicted molar refractivity (Wildman–Crippen MR) is 95.1 cm³/mol. The minimum Gasteiger partial charge on any atom is -0.355 e. The summed E-state index contributed by atoms with van der Waals surface area (Å²) < 4.78 is 26.1. The second kappa shape index (κ2) is 7.91. The Hall–Kier alpha value is -2.71. The predicted octanol–water partition coefficient (Wildman–Crippen LogP) is 1.60. The third-order valence-electron chi connectivity index (χ3n) is 3.39. The smallest absolute Gasteiger partial charge is 0.255 e.